The van der Waals surface area contributed by atoms with E-state index in [2.05, 4.69) is 15.9 Å². The molecule has 20 heavy (non-hydrogen) atoms. The standard InChI is InChI=1S/C16H14BrClO2/c1-10-13(4-3-5-14(10)17)15(19)9-11-8-12(18)6-7-16(11)20-2/h3-8H,9H2,1-2H3. The van der Waals surface area contributed by atoms with E-state index in [1.165, 1.54) is 0 Å². The van der Waals surface area contributed by atoms with Gasteiger partial charge in [0.2, 0.25) is 0 Å². The van der Waals surface area contributed by atoms with Gasteiger partial charge in [0, 0.05) is 27.0 Å². The summed E-state index contributed by atoms with van der Waals surface area (Å²) in [5.41, 5.74) is 2.45. The number of halogens is 2. The molecule has 2 nitrogen and oxygen atoms in total. The molecule has 0 bridgehead atoms. The van der Waals surface area contributed by atoms with Crippen LogP contribution in [0.3, 0.4) is 0 Å². The molecule has 0 amide bonds. The van der Waals surface area contributed by atoms with Crippen LogP contribution < -0.4 is 4.74 Å². The van der Waals surface area contributed by atoms with Crippen molar-refractivity contribution in [1.29, 1.82) is 0 Å². The van der Waals surface area contributed by atoms with Gasteiger partial charge in [-0.3, -0.25) is 4.79 Å². The number of carbonyl (C=O) groups excluding carboxylic acids is 1. The van der Waals surface area contributed by atoms with Crippen molar-refractivity contribution in [2.45, 2.75) is 13.3 Å². The molecule has 4 heteroatoms. The Kier molecular flexibility index (Phi) is 4.84. The van der Waals surface area contributed by atoms with E-state index in [9.17, 15) is 4.79 Å². The molecule has 0 fully saturated rings. The highest BCUT2D eigenvalue weighted by molar-refractivity contribution is 9.10. The van der Waals surface area contributed by atoms with Crippen LogP contribution in [0.4, 0.5) is 0 Å². The van der Waals surface area contributed by atoms with Crippen molar-refractivity contribution >= 4 is 33.3 Å². The Morgan fingerprint density at radius 3 is 2.75 bits per heavy atom. The maximum absolute atomic E-state index is 12.4. The fourth-order valence-electron chi connectivity index (χ4n) is 2.06. The summed E-state index contributed by atoms with van der Waals surface area (Å²) in [6.45, 7) is 1.92. The minimum absolute atomic E-state index is 0.0457. The lowest BCUT2D eigenvalue weighted by atomic mass is 9.99. The Bertz CT molecular complexity index is 653. The number of hydrogen-bond donors (Lipinski definition) is 0. The minimum Gasteiger partial charge on any atom is -0.496 e. The first-order chi connectivity index (χ1) is 9.52. The Morgan fingerprint density at radius 2 is 2.05 bits per heavy atom. The molecule has 2 aromatic carbocycles. The number of ether oxygens (including phenoxy) is 1. The molecule has 0 aliphatic carbocycles. The highest BCUT2D eigenvalue weighted by atomic mass is 79.9. The van der Waals surface area contributed by atoms with E-state index in [4.69, 9.17) is 16.3 Å². The lowest BCUT2D eigenvalue weighted by Crippen LogP contribution is -2.07. The third-order valence-electron chi connectivity index (χ3n) is 3.16. The van der Waals surface area contributed by atoms with Crippen LogP contribution in [-0.2, 0) is 6.42 Å². The molecular formula is C16H14BrClO2. The topological polar surface area (TPSA) is 26.3 Å². The summed E-state index contributed by atoms with van der Waals surface area (Å²) in [5, 5.41) is 0.597. The summed E-state index contributed by atoms with van der Waals surface area (Å²) in [6, 6.07) is 10.9. The highest BCUT2D eigenvalue weighted by Crippen LogP contribution is 2.26. The van der Waals surface area contributed by atoms with Crippen molar-refractivity contribution in [3.05, 3.63) is 62.6 Å². The number of rotatable bonds is 4. The molecule has 104 valence electrons. The highest BCUT2D eigenvalue weighted by Gasteiger charge is 2.14. The normalized spacial score (nSPS) is 10.4. The van der Waals surface area contributed by atoms with E-state index in [1.807, 2.05) is 25.1 Å². The SMILES string of the molecule is COc1ccc(Cl)cc1CC(=O)c1cccc(Br)c1C. The van der Waals surface area contributed by atoms with Crippen molar-refractivity contribution < 1.29 is 9.53 Å². The summed E-state index contributed by atoms with van der Waals surface area (Å²) in [7, 11) is 1.58. The fraction of sp³-hybridized carbons (Fsp3) is 0.188. The molecule has 2 rings (SSSR count). The van der Waals surface area contributed by atoms with Crippen molar-refractivity contribution in [3.8, 4) is 5.75 Å². The van der Waals surface area contributed by atoms with Gasteiger partial charge in [0.25, 0.3) is 0 Å². The maximum atomic E-state index is 12.4. The first-order valence-corrected chi connectivity index (χ1v) is 7.30. The van der Waals surface area contributed by atoms with E-state index in [0.717, 1.165) is 15.6 Å². The summed E-state index contributed by atoms with van der Waals surface area (Å²) < 4.78 is 6.20. The first kappa shape index (κ1) is 15.1. The molecular weight excluding hydrogens is 340 g/mol. The number of ketones is 1. The third-order valence-corrected chi connectivity index (χ3v) is 4.26. The van der Waals surface area contributed by atoms with Crippen LogP contribution in [0, 0.1) is 6.92 Å². The Morgan fingerprint density at radius 1 is 1.30 bits per heavy atom. The van der Waals surface area contributed by atoms with Gasteiger partial charge in [-0.25, -0.2) is 0 Å². The molecule has 0 N–H and O–H groups in total. The lowest BCUT2D eigenvalue weighted by Gasteiger charge is -2.10. The molecule has 0 aliphatic rings. The average Bonchev–Trinajstić information content (AvgIpc) is 2.42. The monoisotopic (exact) mass is 352 g/mol. The van der Waals surface area contributed by atoms with Gasteiger partial charge in [0.05, 0.1) is 7.11 Å². The van der Waals surface area contributed by atoms with Gasteiger partial charge in [-0.05, 0) is 36.8 Å². The van der Waals surface area contributed by atoms with Crippen LogP contribution in [0.1, 0.15) is 21.5 Å². The minimum atomic E-state index is 0.0457. The number of Topliss-reactive ketones (excluding diaryl/α,β-unsaturated/α-hetero) is 1. The van der Waals surface area contributed by atoms with Gasteiger partial charge in [-0.1, -0.05) is 39.7 Å². The summed E-state index contributed by atoms with van der Waals surface area (Å²) in [5.74, 6) is 0.722. The van der Waals surface area contributed by atoms with E-state index >= 15 is 0 Å². The second-order valence-corrected chi connectivity index (χ2v) is 5.76. The van der Waals surface area contributed by atoms with E-state index in [1.54, 1.807) is 25.3 Å². The second kappa shape index (κ2) is 6.42. The first-order valence-electron chi connectivity index (χ1n) is 6.13. The third kappa shape index (κ3) is 3.22. The number of hydrogen-bond acceptors (Lipinski definition) is 2. The van der Waals surface area contributed by atoms with Gasteiger partial charge >= 0.3 is 0 Å². The Balaban J connectivity index is 2.32. The molecule has 2 aromatic rings. The van der Waals surface area contributed by atoms with Crippen molar-refractivity contribution in [3.63, 3.8) is 0 Å². The van der Waals surface area contributed by atoms with Crippen LogP contribution in [0.2, 0.25) is 5.02 Å². The van der Waals surface area contributed by atoms with E-state index < -0.39 is 0 Å². The average molecular weight is 354 g/mol. The number of methoxy groups -OCH3 is 1. The molecule has 0 saturated carbocycles. The van der Waals surface area contributed by atoms with Crippen molar-refractivity contribution in [1.82, 2.24) is 0 Å². The zero-order valence-electron chi connectivity index (χ0n) is 11.2. The van der Waals surface area contributed by atoms with Gasteiger partial charge in [-0.2, -0.15) is 0 Å². The predicted molar refractivity (Wildman–Crippen MR) is 84.9 cm³/mol. The smallest absolute Gasteiger partial charge is 0.167 e. The van der Waals surface area contributed by atoms with Crippen LogP contribution in [-0.4, -0.2) is 12.9 Å². The number of benzene rings is 2. The van der Waals surface area contributed by atoms with E-state index in [-0.39, 0.29) is 12.2 Å². The zero-order valence-corrected chi connectivity index (χ0v) is 13.6. The second-order valence-electron chi connectivity index (χ2n) is 4.47. The van der Waals surface area contributed by atoms with Crippen LogP contribution in [0.5, 0.6) is 5.75 Å². The molecule has 0 unspecified atom stereocenters. The van der Waals surface area contributed by atoms with E-state index in [0.29, 0.717) is 16.3 Å². The van der Waals surface area contributed by atoms with Crippen LogP contribution in [0.15, 0.2) is 40.9 Å². The molecule has 0 heterocycles. The Labute approximate surface area is 131 Å². The largest absolute Gasteiger partial charge is 0.496 e. The number of carbonyl (C=O) groups is 1. The van der Waals surface area contributed by atoms with Gasteiger partial charge in [-0.15, -0.1) is 0 Å². The fourth-order valence-corrected chi connectivity index (χ4v) is 2.62. The molecule has 0 spiro atoms. The van der Waals surface area contributed by atoms with Crippen molar-refractivity contribution in [2.75, 3.05) is 7.11 Å². The molecule has 0 aliphatic heterocycles. The zero-order chi connectivity index (χ0) is 14.7. The summed E-state index contributed by atoms with van der Waals surface area (Å²) in [4.78, 5) is 12.4. The van der Waals surface area contributed by atoms with Crippen LogP contribution in [0.25, 0.3) is 0 Å². The van der Waals surface area contributed by atoms with Gasteiger partial charge < -0.3 is 4.74 Å². The van der Waals surface area contributed by atoms with Gasteiger partial charge in [0.15, 0.2) is 5.78 Å². The summed E-state index contributed by atoms with van der Waals surface area (Å²) in [6.07, 6.45) is 0.265. The van der Waals surface area contributed by atoms with Crippen molar-refractivity contribution in [2.24, 2.45) is 0 Å². The molecule has 0 atom stereocenters. The quantitative estimate of drug-likeness (QED) is 0.735. The van der Waals surface area contributed by atoms with Crippen LogP contribution >= 0.6 is 27.5 Å². The van der Waals surface area contributed by atoms with Gasteiger partial charge in [0.1, 0.15) is 5.75 Å². The Hall–Kier alpha value is -1.32. The maximum Gasteiger partial charge on any atom is 0.167 e. The predicted octanol–water partition coefficient (Wildman–Crippen LogP) is 4.84. The summed E-state index contributed by atoms with van der Waals surface area (Å²) >= 11 is 9.43. The molecule has 0 radical (unpaired) electrons. The molecule has 0 aromatic heterocycles. The lowest BCUT2D eigenvalue weighted by molar-refractivity contribution is 0.0991. The molecule has 0 saturated heterocycles.